The normalized spacial score (nSPS) is 16.3. The highest BCUT2D eigenvalue weighted by Crippen LogP contribution is 2.37. The predicted octanol–water partition coefficient (Wildman–Crippen LogP) is 5.60. The molecule has 248 valence electrons. The van der Waals surface area contributed by atoms with Gasteiger partial charge in [-0.15, -0.1) is 0 Å². The van der Waals surface area contributed by atoms with E-state index in [-0.39, 0.29) is 17.8 Å². The Bertz CT molecular complexity index is 1620. The first-order valence-electron chi connectivity index (χ1n) is 15.2. The van der Waals surface area contributed by atoms with Crippen LogP contribution >= 0.6 is 11.8 Å². The van der Waals surface area contributed by atoms with E-state index >= 15 is 0 Å². The number of carbonyl (C=O) groups is 4. The van der Waals surface area contributed by atoms with Gasteiger partial charge in [-0.05, 0) is 69.2 Å². The quantitative estimate of drug-likeness (QED) is 0.283. The lowest BCUT2D eigenvalue weighted by Crippen LogP contribution is -2.36. The third-order valence-corrected chi connectivity index (χ3v) is 8.18. The first-order chi connectivity index (χ1) is 22.4. The SMILES string of the molecule is CN(C(=O)OC(C)(C)C)c1cc(Oc2ccccc2N2CCOCC2)ccc1NC(=O)COc1ccc(CC2SC(=O)NC2=O)cc1. The van der Waals surface area contributed by atoms with Gasteiger partial charge in [0.15, 0.2) is 12.4 Å². The van der Waals surface area contributed by atoms with Gasteiger partial charge in [0.05, 0.1) is 35.5 Å². The molecule has 0 aromatic heterocycles. The van der Waals surface area contributed by atoms with Crippen molar-refractivity contribution in [3.8, 4) is 17.2 Å². The molecule has 47 heavy (non-hydrogen) atoms. The van der Waals surface area contributed by atoms with E-state index in [0.717, 1.165) is 36.1 Å². The smallest absolute Gasteiger partial charge is 0.414 e. The second-order valence-electron chi connectivity index (χ2n) is 12.0. The van der Waals surface area contributed by atoms with Crippen LogP contribution in [0.25, 0.3) is 0 Å². The second kappa shape index (κ2) is 14.8. The summed E-state index contributed by atoms with van der Waals surface area (Å²) < 4.78 is 23.1. The van der Waals surface area contributed by atoms with Crippen LogP contribution in [0.3, 0.4) is 0 Å². The van der Waals surface area contributed by atoms with Crippen molar-refractivity contribution in [2.75, 3.05) is 55.1 Å². The molecule has 2 N–H and O–H groups in total. The molecule has 0 bridgehead atoms. The van der Waals surface area contributed by atoms with Gasteiger partial charge in [0.1, 0.15) is 17.1 Å². The van der Waals surface area contributed by atoms with Crippen LogP contribution in [0.1, 0.15) is 26.3 Å². The van der Waals surface area contributed by atoms with E-state index in [2.05, 4.69) is 15.5 Å². The summed E-state index contributed by atoms with van der Waals surface area (Å²) >= 11 is 0.972. The van der Waals surface area contributed by atoms with Crippen molar-refractivity contribution < 1.29 is 38.1 Å². The molecular formula is C34H38N4O8S. The van der Waals surface area contributed by atoms with Crippen LogP contribution in [0.2, 0.25) is 0 Å². The Hall–Kier alpha value is -4.75. The van der Waals surface area contributed by atoms with E-state index < -0.39 is 22.9 Å². The fourth-order valence-electron chi connectivity index (χ4n) is 4.92. The largest absolute Gasteiger partial charge is 0.484 e. The van der Waals surface area contributed by atoms with Crippen LogP contribution in [0.15, 0.2) is 66.7 Å². The molecule has 13 heteroatoms. The molecule has 2 saturated heterocycles. The summed E-state index contributed by atoms with van der Waals surface area (Å²) in [5.74, 6) is 0.818. The van der Waals surface area contributed by atoms with E-state index in [1.165, 1.54) is 4.90 Å². The summed E-state index contributed by atoms with van der Waals surface area (Å²) in [5, 5.41) is 4.30. The lowest BCUT2D eigenvalue weighted by Gasteiger charge is -2.30. The number of rotatable bonds is 10. The Morgan fingerprint density at radius 1 is 1.02 bits per heavy atom. The van der Waals surface area contributed by atoms with Crippen molar-refractivity contribution in [2.24, 2.45) is 0 Å². The maximum absolute atomic E-state index is 13.1. The number of para-hydroxylation sites is 2. The molecule has 4 amide bonds. The first kappa shape index (κ1) is 33.6. The third kappa shape index (κ3) is 9.17. The summed E-state index contributed by atoms with van der Waals surface area (Å²) in [6.07, 6.45) is -0.205. The zero-order valence-corrected chi connectivity index (χ0v) is 27.6. The van der Waals surface area contributed by atoms with Crippen LogP contribution in [0.4, 0.5) is 26.7 Å². The fraction of sp³-hybridized carbons (Fsp3) is 0.353. The number of morpholine rings is 1. The van der Waals surface area contributed by atoms with Crippen molar-refractivity contribution in [3.63, 3.8) is 0 Å². The van der Waals surface area contributed by atoms with Crippen molar-refractivity contribution in [3.05, 3.63) is 72.3 Å². The maximum Gasteiger partial charge on any atom is 0.414 e. The standard InChI is InChI=1S/C34H38N4O8S/c1-34(2,3)46-33(42)37(4)27-20-24(45-28-8-6-5-7-26(28)38-15-17-43-18-16-38)13-14-25(27)35-30(39)21-44-23-11-9-22(10-12-23)19-29-31(40)36-32(41)47-29/h5-14,20,29H,15-19,21H2,1-4H3,(H,35,39)(H,36,40,41). The van der Waals surface area contributed by atoms with Gasteiger partial charge >= 0.3 is 6.09 Å². The number of thioether (sulfide) groups is 1. The number of nitrogens with zero attached hydrogens (tertiary/aromatic N) is 2. The van der Waals surface area contributed by atoms with E-state index in [0.29, 0.717) is 48.3 Å². The Kier molecular flexibility index (Phi) is 10.6. The molecule has 2 aliphatic heterocycles. The van der Waals surface area contributed by atoms with E-state index in [9.17, 15) is 19.2 Å². The molecule has 2 heterocycles. The molecule has 0 aliphatic carbocycles. The number of ether oxygens (including phenoxy) is 4. The first-order valence-corrected chi connectivity index (χ1v) is 16.1. The zero-order valence-electron chi connectivity index (χ0n) is 26.7. The Labute approximate surface area is 277 Å². The molecule has 12 nitrogen and oxygen atoms in total. The Morgan fingerprint density at radius 2 is 1.72 bits per heavy atom. The Balaban J connectivity index is 1.28. The van der Waals surface area contributed by atoms with Crippen LogP contribution in [0.5, 0.6) is 17.2 Å². The molecule has 0 radical (unpaired) electrons. The molecule has 5 rings (SSSR count). The topological polar surface area (TPSA) is 136 Å². The summed E-state index contributed by atoms with van der Waals surface area (Å²) in [6.45, 7) is 7.78. The number of imide groups is 1. The molecule has 3 aromatic carbocycles. The number of carbonyl (C=O) groups excluding carboxylic acids is 4. The fourth-order valence-corrected chi connectivity index (χ4v) is 5.78. The van der Waals surface area contributed by atoms with Gasteiger partial charge < -0.3 is 29.2 Å². The summed E-state index contributed by atoms with van der Waals surface area (Å²) in [6, 6.07) is 19.7. The van der Waals surface area contributed by atoms with Crippen LogP contribution in [-0.2, 0) is 25.5 Å². The number of amides is 4. The van der Waals surface area contributed by atoms with Gasteiger partial charge in [-0.3, -0.25) is 24.6 Å². The maximum atomic E-state index is 13.1. The molecule has 0 spiro atoms. The molecule has 1 unspecified atom stereocenters. The zero-order chi connectivity index (χ0) is 33.6. The number of hydrogen-bond donors (Lipinski definition) is 2. The molecule has 2 aliphatic rings. The van der Waals surface area contributed by atoms with Gasteiger partial charge in [0.25, 0.3) is 11.1 Å². The average molecular weight is 663 g/mol. The lowest BCUT2D eigenvalue weighted by atomic mass is 10.1. The predicted molar refractivity (Wildman–Crippen MR) is 180 cm³/mol. The molecule has 1 atom stereocenters. The minimum absolute atomic E-state index is 0.296. The number of anilines is 3. The molecule has 0 saturated carbocycles. The highest BCUT2D eigenvalue weighted by atomic mass is 32.2. The van der Waals surface area contributed by atoms with Crippen LogP contribution in [0, 0.1) is 0 Å². The van der Waals surface area contributed by atoms with Gasteiger partial charge in [-0.2, -0.15) is 0 Å². The van der Waals surface area contributed by atoms with Crippen LogP contribution < -0.4 is 29.9 Å². The van der Waals surface area contributed by atoms with E-state index in [1.54, 1.807) is 70.3 Å². The molecule has 3 aromatic rings. The van der Waals surface area contributed by atoms with Gasteiger partial charge in [0, 0.05) is 26.2 Å². The van der Waals surface area contributed by atoms with Gasteiger partial charge in [0.2, 0.25) is 5.91 Å². The Morgan fingerprint density at radius 3 is 2.40 bits per heavy atom. The number of benzene rings is 3. The van der Waals surface area contributed by atoms with Crippen molar-refractivity contribution >= 4 is 52.0 Å². The number of nitrogens with one attached hydrogen (secondary N) is 2. The highest BCUT2D eigenvalue weighted by molar-refractivity contribution is 8.15. The van der Waals surface area contributed by atoms with Gasteiger partial charge in [-0.25, -0.2) is 4.79 Å². The van der Waals surface area contributed by atoms with Crippen molar-refractivity contribution in [2.45, 2.75) is 38.0 Å². The molecular weight excluding hydrogens is 624 g/mol. The summed E-state index contributed by atoms with van der Waals surface area (Å²) in [4.78, 5) is 52.9. The second-order valence-corrected chi connectivity index (χ2v) is 13.1. The van der Waals surface area contributed by atoms with E-state index in [4.69, 9.17) is 18.9 Å². The summed E-state index contributed by atoms with van der Waals surface area (Å²) in [5.41, 5.74) is 1.78. The minimum Gasteiger partial charge on any atom is -0.484 e. The third-order valence-electron chi connectivity index (χ3n) is 7.20. The highest BCUT2D eigenvalue weighted by Gasteiger charge is 2.31. The number of hydrogen-bond acceptors (Lipinski definition) is 10. The van der Waals surface area contributed by atoms with Crippen LogP contribution in [-0.4, -0.2) is 74.0 Å². The van der Waals surface area contributed by atoms with Gasteiger partial charge in [-0.1, -0.05) is 36.0 Å². The van der Waals surface area contributed by atoms with Crippen molar-refractivity contribution in [1.29, 1.82) is 0 Å². The van der Waals surface area contributed by atoms with E-state index in [1.807, 2.05) is 24.3 Å². The lowest BCUT2D eigenvalue weighted by molar-refractivity contribution is -0.119. The minimum atomic E-state index is -0.733. The average Bonchev–Trinajstić information content (AvgIpc) is 3.36. The summed E-state index contributed by atoms with van der Waals surface area (Å²) in [7, 11) is 1.56. The molecule has 2 fully saturated rings. The van der Waals surface area contributed by atoms with Crippen molar-refractivity contribution in [1.82, 2.24) is 5.32 Å². The monoisotopic (exact) mass is 662 g/mol.